The van der Waals surface area contributed by atoms with Crippen LogP contribution in [-0.2, 0) is 0 Å². The van der Waals surface area contributed by atoms with Crippen LogP contribution in [0.4, 0.5) is 0 Å². The molecule has 1 saturated heterocycles. The van der Waals surface area contributed by atoms with Gasteiger partial charge in [0.05, 0.1) is 26.0 Å². The minimum Gasteiger partial charge on any atom is -0.338 e. The number of rotatable bonds is 2. The third-order valence-electron chi connectivity index (χ3n) is 3.92. The van der Waals surface area contributed by atoms with Crippen molar-refractivity contribution in [1.82, 2.24) is 9.88 Å². The van der Waals surface area contributed by atoms with Crippen LogP contribution in [0.15, 0.2) is 42.5 Å². The molecule has 110 valence electrons. The number of carbonyl (C=O) groups is 1. The highest BCUT2D eigenvalue weighted by Crippen LogP contribution is 2.32. The molecule has 1 aromatic carbocycles. The summed E-state index contributed by atoms with van der Waals surface area (Å²) < 4.78 is 0.723. The van der Waals surface area contributed by atoms with Gasteiger partial charge in [0.1, 0.15) is 0 Å². The van der Waals surface area contributed by atoms with Crippen molar-refractivity contribution in [3.63, 3.8) is 0 Å². The Bertz CT molecular complexity index is 870. The predicted molar refractivity (Wildman–Crippen MR) is 90.6 cm³/mol. The summed E-state index contributed by atoms with van der Waals surface area (Å²) in [4.78, 5) is 20.3. The van der Waals surface area contributed by atoms with E-state index >= 15 is 0 Å². The molecule has 0 unspecified atom stereocenters. The maximum absolute atomic E-state index is 12.7. The van der Waals surface area contributed by atoms with E-state index in [1.165, 1.54) is 11.3 Å². The Kier molecular flexibility index (Phi) is 3.36. The number of benzene rings is 1. The van der Waals surface area contributed by atoms with Gasteiger partial charge in [-0.05, 0) is 30.7 Å². The zero-order chi connectivity index (χ0) is 15.1. The number of likely N-dealkylation sites (tertiary alicyclic amines) is 1. The van der Waals surface area contributed by atoms with Gasteiger partial charge in [0.2, 0.25) is 0 Å². The first-order chi connectivity index (χ1) is 10.7. The van der Waals surface area contributed by atoms with E-state index in [0.717, 1.165) is 50.9 Å². The topological polar surface area (TPSA) is 33.2 Å². The Labute approximate surface area is 137 Å². The Balaban J connectivity index is 1.90. The van der Waals surface area contributed by atoms with Gasteiger partial charge in [-0.2, -0.15) is 0 Å². The molecule has 0 radical (unpaired) electrons. The summed E-state index contributed by atoms with van der Waals surface area (Å²) in [7, 11) is 0. The van der Waals surface area contributed by atoms with Crippen LogP contribution in [0.1, 0.15) is 16.8 Å². The van der Waals surface area contributed by atoms with Gasteiger partial charge in [-0.15, -0.1) is 11.3 Å². The number of halogens is 1. The van der Waals surface area contributed by atoms with Crippen LogP contribution in [0, 0.1) is 0 Å². The third kappa shape index (κ3) is 2.28. The van der Waals surface area contributed by atoms with Crippen molar-refractivity contribution in [2.45, 2.75) is 6.42 Å². The average Bonchev–Trinajstić information content (AvgIpc) is 2.91. The van der Waals surface area contributed by atoms with Gasteiger partial charge >= 0.3 is 0 Å². The molecule has 0 spiro atoms. The molecule has 3 nitrogen and oxygen atoms in total. The van der Waals surface area contributed by atoms with E-state index in [4.69, 9.17) is 11.6 Å². The molecule has 0 bridgehead atoms. The highest BCUT2D eigenvalue weighted by atomic mass is 35.5. The highest BCUT2D eigenvalue weighted by molar-refractivity contribution is 7.19. The van der Waals surface area contributed by atoms with Crippen LogP contribution in [0.3, 0.4) is 0 Å². The smallest absolute Gasteiger partial charge is 0.254 e. The molecule has 4 rings (SSSR count). The normalized spacial score (nSPS) is 14.1. The van der Waals surface area contributed by atoms with E-state index in [1.807, 2.05) is 47.4 Å². The lowest BCUT2D eigenvalue weighted by Gasteiger charge is -2.31. The lowest BCUT2D eigenvalue weighted by Crippen LogP contribution is -2.42. The summed E-state index contributed by atoms with van der Waals surface area (Å²) >= 11 is 7.50. The number of hydrogen-bond acceptors (Lipinski definition) is 3. The Morgan fingerprint density at radius 2 is 2.00 bits per heavy atom. The Morgan fingerprint density at radius 1 is 1.18 bits per heavy atom. The molecule has 1 amide bonds. The summed E-state index contributed by atoms with van der Waals surface area (Å²) in [5.41, 5.74) is 2.37. The number of para-hydroxylation sites is 1. The minimum absolute atomic E-state index is 0.0914. The molecule has 3 heterocycles. The van der Waals surface area contributed by atoms with Crippen LogP contribution in [0.5, 0.6) is 0 Å². The van der Waals surface area contributed by atoms with Crippen LogP contribution < -0.4 is 0 Å². The van der Waals surface area contributed by atoms with Crippen molar-refractivity contribution >= 4 is 39.7 Å². The van der Waals surface area contributed by atoms with Crippen molar-refractivity contribution in [3.05, 3.63) is 52.4 Å². The van der Waals surface area contributed by atoms with Gasteiger partial charge < -0.3 is 4.90 Å². The number of amides is 1. The van der Waals surface area contributed by atoms with E-state index in [2.05, 4.69) is 4.98 Å². The minimum atomic E-state index is 0.0914. The molecule has 1 aliphatic rings. The second-order valence-electron chi connectivity index (χ2n) is 5.32. The molecule has 5 heteroatoms. The standard InChI is InChI=1S/C17H13ClN2OS/c18-16-7-6-15(22-16)14-10-12(17(21)20-8-3-9-20)11-4-1-2-5-13(11)19-14/h1-2,4-7,10H,3,8-9H2. The fraction of sp³-hybridized carbons (Fsp3) is 0.176. The van der Waals surface area contributed by atoms with Gasteiger partial charge in [-0.25, -0.2) is 4.98 Å². The number of carbonyl (C=O) groups excluding carboxylic acids is 1. The van der Waals surface area contributed by atoms with Crippen molar-refractivity contribution < 1.29 is 4.79 Å². The number of thiophene rings is 1. The van der Waals surface area contributed by atoms with Crippen LogP contribution >= 0.6 is 22.9 Å². The fourth-order valence-corrected chi connectivity index (χ4v) is 3.62. The van der Waals surface area contributed by atoms with Crippen LogP contribution in [0.25, 0.3) is 21.5 Å². The van der Waals surface area contributed by atoms with Gasteiger partial charge in [0.25, 0.3) is 5.91 Å². The van der Waals surface area contributed by atoms with Crippen molar-refractivity contribution in [1.29, 1.82) is 0 Å². The molecular weight excluding hydrogens is 316 g/mol. The van der Waals surface area contributed by atoms with E-state index in [9.17, 15) is 4.79 Å². The van der Waals surface area contributed by atoms with E-state index in [0.29, 0.717) is 0 Å². The zero-order valence-corrected chi connectivity index (χ0v) is 13.3. The summed E-state index contributed by atoms with van der Waals surface area (Å²) in [6, 6.07) is 13.5. The fourth-order valence-electron chi connectivity index (χ4n) is 2.62. The lowest BCUT2D eigenvalue weighted by atomic mass is 10.0. The second kappa shape index (κ2) is 5.38. The first-order valence-electron chi connectivity index (χ1n) is 7.17. The molecule has 0 N–H and O–H groups in total. The van der Waals surface area contributed by atoms with Crippen LogP contribution in [-0.4, -0.2) is 28.9 Å². The molecule has 2 aromatic heterocycles. The molecule has 1 aliphatic heterocycles. The number of fused-ring (bicyclic) bond motifs is 1. The molecule has 0 aliphatic carbocycles. The predicted octanol–water partition coefficient (Wildman–Crippen LogP) is 4.46. The Morgan fingerprint density at radius 3 is 2.68 bits per heavy atom. The third-order valence-corrected chi connectivity index (χ3v) is 5.17. The largest absolute Gasteiger partial charge is 0.338 e. The number of hydrogen-bond donors (Lipinski definition) is 0. The quantitative estimate of drug-likeness (QED) is 0.695. The van der Waals surface area contributed by atoms with Gasteiger partial charge in [-0.1, -0.05) is 29.8 Å². The van der Waals surface area contributed by atoms with E-state index < -0.39 is 0 Å². The van der Waals surface area contributed by atoms with Gasteiger partial charge in [-0.3, -0.25) is 4.79 Å². The van der Waals surface area contributed by atoms with Crippen molar-refractivity contribution in [2.75, 3.05) is 13.1 Å². The monoisotopic (exact) mass is 328 g/mol. The SMILES string of the molecule is O=C(c1cc(-c2ccc(Cl)s2)nc2ccccc12)N1CCC1. The maximum atomic E-state index is 12.7. The van der Waals surface area contributed by atoms with Crippen LogP contribution in [0.2, 0.25) is 4.34 Å². The molecule has 1 fully saturated rings. The second-order valence-corrected chi connectivity index (χ2v) is 7.04. The van der Waals surface area contributed by atoms with Gasteiger partial charge in [0.15, 0.2) is 0 Å². The molecule has 3 aromatic rings. The number of nitrogens with zero attached hydrogens (tertiary/aromatic N) is 2. The molecule has 22 heavy (non-hydrogen) atoms. The Hall–Kier alpha value is -1.91. The number of aromatic nitrogens is 1. The van der Waals surface area contributed by atoms with E-state index in [1.54, 1.807) is 0 Å². The maximum Gasteiger partial charge on any atom is 0.254 e. The first-order valence-corrected chi connectivity index (χ1v) is 8.36. The average molecular weight is 329 g/mol. The lowest BCUT2D eigenvalue weighted by molar-refractivity contribution is 0.0654. The van der Waals surface area contributed by atoms with Gasteiger partial charge in [0, 0.05) is 18.5 Å². The summed E-state index contributed by atoms with van der Waals surface area (Å²) in [6.07, 6.45) is 1.09. The van der Waals surface area contributed by atoms with E-state index in [-0.39, 0.29) is 5.91 Å². The summed E-state index contributed by atoms with van der Waals surface area (Å²) in [5.74, 6) is 0.0914. The van der Waals surface area contributed by atoms with Crippen molar-refractivity contribution in [3.8, 4) is 10.6 Å². The van der Waals surface area contributed by atoms with Crippen molar-refractivity contribution in [2.24, 2.45) is 0 Å². The summed E-state index contributed by atoms with van der Waals surface area (Å²) in [5, 5.41) is 0.908. The first kappa shape index (κ1) is 13.7. The zero-order valence-electron chi connectivity index (χ0n) is 11.8. The highest BCUT2D eigenvalue weighted by Gasteiger charge is 2.24. The molecular formula is C17H13ClN2OS. The molecule has 0 saturated carbocycles. The molecule has 0 atom stereocenters. The summed E-state index contributed by atoms with van der Waals surface area (Å²) in [6.45, 7) is 1.69. The number of pyridine rings is 1.